The highest BCUT2D eigenvalue weighted by Crippen LogP contribution is 2.26. The second-order valence-electron chi connectivity index (χ2n) is 7.24. The fourth-order valence-corrected chi connectivity index (χ4v) is 3.83. The lowest BCUT2D eigenvalue weighted by Gasteiger charge is -2.35. The molecule has 8 nitrogen and oxygen atoms in total. The van der Waals surface area contributed by atoms with Crippen molar-refractivity contribution in [3.05, 3.63) is 40.9 Å². The van der Waals surface area contributed by atoms with Crippen molar-refractivity contribution < 1.29 is 14.3 Å². The zero-order chi connectivity index (χ0) is 21.3. The van der Waals surface area contributed by atoms with E-state index in [-0.39, 0.29) is 18.2 Å². The fraction of sp³-hybridized carbons (Fsp3) is 0.524. The third-order valence-electron chi connectivity index (χ3n) is 5.25. The number of ether oxygens (including phenoxy) is 1. The van der Waals surface area contributed by atoms with E-state index in [2.05, 4.69) is 10.2 Å². The van der Waals surface area contributed by atoms with Crippen LogP contribution in [-0.4, -0.2) is 55.4 Å². The Kier molecular flexibility index (Phi) is 8.21. The Morgan fingerprint density at radius 2 is 1.83 bits per heavy atom. The molecule has 0 atom stereocenters. The topological polar surface area (TPSA) is 82.5 Å². The Morgan fingerprint density at radius 3 is 2.50 bits per heavy atom. The van der Waals surface area contributed by atoms with Crippen molar-refractivity contribution in [2.75, 3.05) is 48.6 Å². The first kappa shape index (κ1) is 22.2. The van der Waals surface area contributed by atoms with Gasteiger partial charge in [0.1, 0.15) is 0 Å². The summed E-state index contributed by atoms with van der Waals surface area (Å²) in [5, 5.41) is 3.76. The van der Waals surface area contributed by atoms with Crippen molar-refractivity contribution in [3.63, 3.8) is 0 Å². The monoisotopic (exact) mass is 434 g/mol. The van der Waals surface area contributed by atoms with Crippen LogP contribution in [0.4, 0.5) is 11.4 Å². The van der Waals surface area contributed by atoms with Gasteiger partial charge in [0, 0.05) is 37.6 Å². The molecule has 0 aromatic heterocycles. The lowest BCUT2D eigenvalue weighted by Crippen LogP contribution is -2.45. The second kappa shape index (κ2) is 11.1. The zero-order valence-corrected chi connectivity index (χ0v) is 17.7. The molecule has 2 amide bonds. The van der Waals surface area contributed by atoms with Gasteiger partial charge in [0.2, 0.25) is 5.91 Å². The molecule has 0 saturated carbocycles. The van der Waals surface area contributed by atoms with Gasteiger partial charge in [-0.25, -0.2) is 0 Å². The minimum absolute atomic E-state index is 0.0448. The first-order valence-corrected chi connectivity index (χ1v) is 10.9. The summed E-state index contributed by atoms with van der Waals surface area (Å²) in [6, 6.07) is 6.78. The first-order chi connectivity index (χ1) is 14.7. The van der Waals surface area contributed by atoms with E-state index in [0.717, 1.165) is 30.0 Å². The van der Waals surface area contributed by atoms with Crippen LogP contribution < -0.4 is 9.91 Å². The minimum atomic E-state index is -0.348. The van der Waals surface area contributed by atoms with Crippen molar-refractivity contribution in [2.24, 2.45) is 5.29 Å². The van der Waals surface area contributed by atoms with E-state index in [1.54, 1.807) is 29.2 Å². The predicted molar refractivity (Wildman–Crippen MR) is 116 cm³/mol. The first-order valence-electron chi connectivity index (χ1n) is 10.3. The molecule has 30 heavy (non-hydrogen) atoms. The maximum atomic E-state index is 13.0. The second-order valence-corrected chi connectivity index (χ2v) is 7.62. The van der Waals surface area contributed by atoms with E-state index in [0.29, 0.717) is 56.5 Å². The molecule has 0 spiro atoms. The number of hydrogen-bond donors (Lipinski definition) is 0. The van der Waals surface area contributed by atoms with Crippen molar-refractivity contribution in [1.82, 2.24) is 4.90 Å². The SMILES string of the molecule is O=NN(C(=O)CCCCCCl)c1ccc(N2CCC=C(N3CCOCC3)C2=O)cc1. The van der Waals surface area contributed by atoms with Gasteiger partial charge in [-0.1, -0.05) is 12.5 Å². The molecular formula is C21H27ClN4O4. The number of carbonyl (C=O) groups excluding carboxylic acids is 2. The van der Waals surface area contributed by atoms with E-state index in [1.165, 1.54) is 0 Å². The van der Waals surface area contributed by atoms with Crippen LogP contribution in [0.5, 0.6) is 0 Å². The average Bonchev–Trinajstić information content (AvgIpc) is 2.78. The number of alkyl halides is 1. The van der Waals surface area contributed by atoms with Gasteiger partial charge in [-0.3, -0.25) is 9.59 Å². The highest BCUT2D eigenvalue weighted by Gasteiger charge is 2.28. The van der Waals surface area contributed by atoms with Gasteiger partial charge in [-0.15, -0.1) is 16.5 Å². The van der Waals surface area contributed by atoms with Crippen LogP contribution in [0.15, 0.2) is 41.3 Å². The third-order valence-corrected chi connectivity index (χ3v) is 5.52. The Morgan fingerprint density at radius 1 is 1.10 bits per heavy atom. The zero-order valence-electron chi connectivity index (χ0n) is 17.0. The fourth-order valence-electron chi connectivity index (χ4n) is 3.64. The minimum Gasteiger partial charge on any atom is -0.378 e. The van der Waals surface area contributed by atoms with Gasteiger partial charge < -0.3 is 14.5 Å². The quantitative estimate of drug-likeness (QED) is 0.257. The van der Waals surface area contributed by atoms with Crippen LogP contribution in [0, 0.1) is 4.91 Å². The van der Waals surface area contributed by atoms with E-state index in [4.69, 9.17) is 16.3 Å². The molecule has 1 saturated heterocycles. The van der Waals surface area contributed by atoms with Crippen LogP contribution in [0.1, 0.15) is 32.1 Å². The number of unbranched alkanes of at least 4 members (excludes halogenated alkanes) is 2. The molecule has 3 rings (SSSR count). The average molecular weight is 435 g/mol. The highest BCUT2D eigenvalue weighted by molar-refractivity contribution is 6.17. The molecular weight excluding hydrogens is 408 g/mol. The van der Waals surface area contributed by atoms with Crippen LogP contribution in [0.2, 0.25) is 0 Å². The standard InChI is InChI=1S/C21H27ClN4O4/c22-11-3-1-2-6-20(27)26(23-29)18-9-7-17(8-10-18)25-12-4-5-19(21(25)28)24-13-15-30-16-14-24/h5,7-10H,1-4,6,11-16H2. The van der Waals surface area contributed by atoms with E-state index in [9.17, 15) is 14.5 Å². The van der Waals surface area contributed by atoms with Crippen molar-refractivity contribution >= 4 is 34.8 Å². The lowest BCUT2D eigenvalue weighted by atomic mass is 10.1. The van der Waals surface area contributed by atoms with E-state index in [1.807, 2.05) is 6.08 Å². The maximum absolute atomic E-state index is 13.0. The third kappa shape index (κ3) is 5.37. The molecule has 0 bridgehead atoms. The molecule has 0 aliphatic carbocycles. The van der Waals surface area contributed by atoms with Crippen LogP contribution in [0.25, 0.3) is 0 Å². The number of hydrogen-bond acceptors (Lipinski definition) is 6. The van der Waals surface area contributed by atoms with Gasteiger partial charge in [0.05, 0.1) is 29.9 Å². The molecule has 0 unspecified atom stereocenters. The molecule has 2 heterocycles. The summed E-state index contributed by atoms with van der Waals surface area (Å²) in [7, 11) is 0. The lowest BCUT2D eigenvalue weighted by molar-refractivity contribution is -0.119. The molecule has 1 aromatic carbocycles. The van der Waals surface area contributed by atoms with Gasteiger partial charge >= 0.3 is 0 Å². The number of halogens is 1. The number of morpholine rings is 1. The smallest absolute Gasteiger partial charge is 0.274 e. The molecule has 0 N–H and O–H groups in total. The normalized spacial score (nSPS) is 17.0. The molecule has 1 fully saturated rings. The number of benzene rings is 1. The summed E-state index contributed by atoms with van der Waals surface area (Å²) in [6.07, 6.45) is 5.32. The van der Waals surface area contributed by atoms with Crippen LogP contribution >= 0.6 is 11.6 Å². The Balaban J connectivity index is 1.65. The van der Waals surface area contributed by atoms with Gasteiger partial charge in [-0.2, -0.15) is 5.01 Å². The maximum Gasteiger partial charge on any atom is 0.274 e. The van der Waals surface area contributed by atoms with Gasteiger partial charge in [0.25, 0.3) is 5.91 Å². The number of carbonyl (C=O) groups is 2. The van der Waals surface area contributed by atoms with Crippen LogP contribution in [0.3, 0.4) is 0 Å². The Hall–Kier alpha value is -2.45. The van der Waals surface area contributed by atoms with Gasteiger partial charge in [-0.05, 0) is 43.5 Å². The molecule has 1 aromatic rings. The van der Waals surface area contributed by atoms with Gasteiger partial charge in [0.15, 0.2) is 0 Å². The number of amides is 2. The molecule has 0 radical (unpaired) electrons. The Labute approximate surface area is 181 Å². The van der Waals surface area contributed by atoms with Crippen molar-refractivity contribution in [1.29, 1.82) is 0 Å². The molecule has 162 valence electrons. The molecule has 9 heteroatoms. The highest BCUT2D eigenvalue weighted by atomic mass is 35.5. The summed E-state index contributed by atoms with van der Waals surface area (Å²) >= 11 is 5.64. The summed E-state index contributed by atoms with van der Waals surface area (Å²) in [5.74, 6) is 0.165. The molecule has 2 aliphatic heterocycles. The summed E-state index contributed by atoms with van der Waals surface area (Å²) in [6.45, 7) is 3.23. The number of nitroso groups, excluding NO2 is 1. The van der Waals surface area contributed by atoms with E-state index >= 15 is 0 Å². The van der Waals surface area contributed by atoms with Crippen LogP contribution in [-0.2, 0) is 14.3 Å². The number of nitrogens with zero attached hydrogens (tertiary/aromatic N) is 4. The number of anilines is 2. The summed E-state index contributed by atoms with van der Waals surface area (Å²) in [5.41, 5.74) is 1.82. The Bertz CT molecular complexity index is 778. The predicted octanol–water partition coefficient (Wildman–Crippen LogP) is 3.45. The molecule has 2 aliphatic rings. The largest absolute Gasteiger partial charge is 0.378 e. The number of rotatable bonds is 9. The van der Waals surface area contributed by atoms with Crippen molar-refractivity contribution in [2.45, 2.75) is 32.1 Å². The van der Waals surface area contributed by atoms with E-state index < -0.39 is 0 Å². The summed E-state index contributed by atoms with van der Waals surface area (Å²) < 4.78 is 5.37. The summed E-state index contributed by atoms with van der Waals surface area (Å²) in [4.78, 5) is 40.3. The van der Waals surface area contributed by atoms with Crippen molar-refractivity contribution in [3.8, 4) is 0 Å².